The number of fused-ring (bicyclic) bond motifs is 4. The number of nitrogens with zero attached hydrogens (tertiary/aromatic N) is 1. The minimum Gasteiger partial charge on any atom is -0.467 e. The molecule has 0 aromatic heterocycles. The zero-order valence-electron chi connectivity index (χ0n) is 11.0. The molecule has 1 aromatic rings. The van der Waals surface area contributed by atoms with Crippen LogP contribution in [0.25, 0.3) is 0 Å². The number of hydrogen-bond donors (Lipinski definition) is 1. The zero-order chi connectivity index (χ0) is 12.9. The Balaban J connectivity index is 2.12. The van der Waals surface area contributed by atoms with Crippen molar-refractivity contribution in [2.45, 2.75) is 39.0 Å². The van der Waals surface area contributed by atoms with Crippen LogP contribution in [0.1, 0.15) is 37.4 Å². The minimum absolute atomic E-state index is 0.272. The van der Waals surface area contributed by atoms with E-state index in [1.807, 2.05) is 0 Å². The van der Waals surface area contributed by atoms with Gasteiger partial charge in [0.1, 0.15) is 5.75 Å². The summed E-state index contributed by atoms with van der Waals surface area (Å²) in [6, 6.07) is 6.58. The molecule has 1 aromatic carbocycles. The van der Waals surface area contributed by atoms with Crippen LogP contribution in [0.4, 0.5) is 0 Å². The van der Waals surface area contributed by atoms with Gasteiger partial charge in [-0.15, -0.1) is 0 Å². The Morgan fingerprint density at radius 3 is 3.06 bits per heavy atom. The van der Waals surface area contributed by atoms with E-state index < -0.39 is 0 Å². The number of nitrogens with one attached hydrogen (secondary N) is 1. The molecule has 2 bridgehead atoms. The quantitative estimate of drug-likeness (QED) is 0.787. The molecule has 0 aliphatic carbocycles. The molecule has 0 saturated carbocycles. The number of ether oxygens (including phenoxy) is 1. The van der Waals surface area contributed by atoms with Crippen molar-refractivity contribution >= 4 is 17.3 Å². The Bertz CT molecular complexity index is 517. The van der Waals surface area contributed by atoms with Crippen molar-refractivity contribution in [2.24, 2.45) is 0 Å². The lowest BCUT2D eigenvalue weighted by atomic mass is 9.89. The SMILES string of the molecule is CCN1C(=S)NC2CC1(C)Oc1c(C)cccc12. The maximum atomic E-state index is 6.29. The summed E-state index contributed by atoms with van der Waals surface area (Å²) in [6.07, 6.45) is 0.928. The lowest BCUT2D eigenvalue weighted by Crippen LogP contribution is -2.64. The van der Waals surface area contributed by atoms with Crippen LogP contribution in [0.2, 0.25) is 0 Å². The molecule has 1 fully saturated rings. The largest absolute Gasteiger partial charge is 0.467 e. The molecule has 3 rings (SSSR count). The third-order valence-corrected chi connectivity index (χ3v) is 4.29. The Kier molecular flexibility index (Phi) is 2.52. The number of aryl methyl sites for hydroxylation is 1. The third-order valence-electron chi connectivity index (χ3n) is 3.95. The molecular formula is C14H18N2OS. The predicted molar refractivity (Wildman–Crippen MR) is 75.7 cm³/mol. The first-order valence-corrected chi connectivity index (χ1v) is 6.82. The molecule has 1 saturated heterocycles. The predicted octanol–water partition coefficient (Wildman–Crippen LogP) is 2.74. The lowest BCUT2D eigenvalue weighted by molar-refractivity contribution is -0.0663. The second-order valence-corrected chi connectivity index (χ2v) is 5.61. The van der Waals surface area contributed by atoms with Crippen molar-refractivity contribution in [3.8, 4) is 5.75 Å². The minimum atomic E-state index is -0.319. The smallest absolute Gasteiger partial charge is 0.184 e. The van der Waals surface area contributed by atoms with E-state index in [9.17, 15) is 0 Å². The number of hydrogen-bond acceptors (Lipinski definition) is 2. The average Bonchev–Trinajstić information content (AvgIpc) is 2.30. The summed E-state index contributed by atoms with van der Waals surface area (Å²) < 4.78 is 6.29. The van der Waals surface area contributed by atoms with Crippen LogP contribution in [-0.2, 0) is 0 Å². The van der Waals surface area contributed by atoms with E-state index in [1.54, 1.807) is 0 Å². The number of rotatable bonds is 1. The number of benzene rings is 1. The third kappa shape index (κ3) is 1.52. The van der Waals surface area contributed by atoms with Crippen molar-refractivity contribution in [2.75, 3.05) is 6.54 Å². The second kappa shape index (κ2) is 3.85. The normalized spacial score (nSPS) is 29.4. The Labute approximate surface area is 113 Å². The van der Waals surface area contributed by atoms with Crippen molar-refractivity contribution in [1.29, 1.82) is 0 Å². The van der Waals surface area contributed by atoms with Crippen LogP contribution in [-0.4, -0.2) is 22.3 Å². The first-order valence-electron chi connectivity index (χ1n) is 6.42. The van der Waals surface area contributed by atoms with E-state index in [4.69, 9.17) is 17.0 Å². The summed E-state index contributed by atoms with van der Waals surface area (Å²) >= 11 is 5.45. The topological polar surface area (TPSA) is 24.5 Å². The van der Waals surface area contributed by atoms with E-state index in [1.165, 1.54) is 11.1 Å². The average molecular weight is 262 g/mol. The number of thiocarbonyl (C=S) groups is 1. The van der Waals surface area contributed by atoms with Gasteiger partial charge >= 0.3 is 0 Å². The Morgan fingerprint density at radius 1 is 1.56 bits per heavy atom. The van der Waals surface area contributed by atoms with E-state index in [2.05, 4.69) is 49.2 Å². The molecule has 2 unspecified atom stereocenters. The molecule has 4 heteroatoms. The van der Waals surface area contributed by atoms with Crippen molar-refractivity contribution in [1.82, 2.24) is 10.2 Å². The maximum Gasteiger partial charge on any atom is 0.184 e. The van der Waals surface area contributed by atoms with E-state index in [0.29, 0.717) is 0 Å². The van der Waals surface area contributed by atoms with Crippen LogP contribution in [0.3, 0.4) is 0 Å². The van der Waals surface area contributed by atoms with Crippen molar-refractivity contribution in [3.63, 3.8) is 0 Å². The highest BCUT2D eigenvalue weighted by Gasteiger charge is 2.47. The van der Waals surface area contributed by atoms with Gasteiger partial charge in [-0.2, -0.15) is 0 Å². The first kappa shape index (κ1) is 11.8. The summed E-state index contributed by atoms with van der Waals surface area (Å²) in [7, 11) is 0. The molecule has 2 heterocycles. The fraction of sp³-hybridized carbons (Fsp3) is 0.500. The molecule has 2 aliphatic heterocycles. The molecule has 2 aliphatic rings. The van der Waals surface area contributed by atoms with E-state index in [0.717, 1.165) is 23.8 Å². The maximum absolute atomic E-state index is 6.29. The van der Waals surface area contributed by atoms with E-state index >= 15 is 0 Å². The molecule has 0 amide bonds. The van der Waals surface area contributed by atoms with Crippen LogP contribution in [0.15, 0.2) is 18.2 Å². The molecule has 1 N–H and O–H groups in total. The molecule has 18 heavy (non-hydrogen) atoms. The molecular weight excluding hydrogens is 244 g/mol. The van der Waals surface area contributed by atoms with Gasteiger partial charge in [0.15, 0.2) is 10.8 Å². The van der Waals surface area contributed by atoms with Crippen molar-refractivity contribution < 1.29 is 4.74 Å². The van der Waals surface area contributed by atoms with Crippen LogP contribution >= 0.6 is 12.2 Å². The molecule has 0 radical (unpaired) electrons. The lowest BCUT2D eigenvalue weighted by Gasteiger charge is -2.52. The molecule has 0 spiro atoms. The summed E-state index contributed by atoms with van der Waals surface area (Å²) in [5, 5.41) is 4.23. The second-order valence-electron chi connectivity index (χ2n) is 5.22. The fourth-order valence-electron chi connectivity index (χ4n) is 3.05. The van der Waals surface area contributed by atoms with Crippen LogP contribution in [0, 0.1) is 6.92 Å². The highest BCUT2D eigenvalue weighted by Crippen LogP contribution is 2.45. The first-order chi connectivity index (χ1) is 8.55. The van der Waals surface area contributed by atoms with Crippen LogP contribution < -0.4 is 10.1 Å². The Hall–Kier alpha value is -1.29. The standard InChI is InChI=1S/C14H18N2OS/c1-4-16-13(18)15-11-8-14(16,3)17-12-9(2)6-5-7-10(11)12/h5-7,11H,4,8H2,1-3H3,(H,15,18). The van der Waals surface area contributed by atoms with Gasteiger partial charge in [0.2, 0.25) is 0 Å². The molecule has 96 valence electrons. The summed E-state index contributed by atoms with van der Waals surface area (Å²) in [6.45, 7) is 7.19. The van der Waals surface area contributed by atoms with Gasteiger partial charge < -0.3 is 15.0 Å². The van der Waals surface area contributed by atoms with Gasteiger partial charge in [0.05, 0.1) is 6.04 Å². The summed E-state index contributed by atoms with van der Waals surface area (Å²) in [5.41, 5.74) is 2.10. The Morgan fingerprint density at radius 2 is 2.33 bits per heavy atom. The van der Waals surface area contributed by atoms with Crippen LogP contribution in [0.5, 0.6) is 5.75 Å². The highest BCUT2D eigenvalue weighted by molar-refractivity contribution is 7.80. The number of para-hydroxylation sites is 1. The van der Waals surface area contributed by atoms with Gasteiger partial charge in [-0.1, -0.05) is 18.2 Å². The monoisotopic (exact) mass is 262 g/mol. The van der Waals surface area contributed by atoms with Gasteiger partial charge in [-0.3, -0.25) is 0 Å². The van der Waals surface area contributed by atoms with Gasteiger partial charge in [0.25, 0.3) is 0 Å². The van der Waals surface area contributed by atoms with Crippen molar-refractivity contribution in [3.05, 3.63) is 29.3 Å². The van der Waals surface area contributed by atoms with Gasteiger partial charge in [0, 0.05) is 18.5 Å². The summed E-state index contributed by atoms with van der Waals surface area (Å²) in [5.74, 6) is 1.02. The summed E-state index contributed by atoms with van der Waals surface area (Å²) in [4.78, 5) is 2.13. The van der Waals surface area contributed by atoms with E-state index in [-0.39, 0.29) is 11.8 Å². The highest BCUT2D eigenvalue weighted by atomic mass is 32.1. The van der Waals surface area contributed by atoms with Gasteiger partial charge in [-0.25, -0.2) is 0 Å². The molecule has 3 nitrogen and oxygen atoms in total. The zero-order valence-corrected chi connectivity index (χ0v) is 11.8. The molecule has 2 atom stereocenters. The van der Waals surface area contributed by atoms with Gasteiger partial charge in [-0.05, 0) is 38.6 Å². The fourth-order valence-corrected chi connectivity index (χ4v) is 3.52.